The van der Waals surface area contributed by atoms with Gasteiger partial charge in [-0.15, -0.1) is 0 Å². The van der Waals surface area contributed by atoms with Crippen molar-refractivity contribution in [1.82, 2.24) is 15.5 Å². The van der Waals surface area contributed by atoms with Crippen LogP contribution in [0.5, 0.6) is 0 Å². The molecule has 2 aromatic rings. The Morgan fingerprint density at radius 2 is 1.50 bits per heavy atom. The highest BCUT2D eigenvalue weighted by Crippen LogP contribution is 2.29. The van der Waals surface area contributed by atoms with Crippen LogP contribution < -0.4 is 10.6 Å². The molecule has 0 spiro atoms. The van der Waals surface area contributed by atoms with Gasteiger partial charge in [0.25, 0.3) is 17.7 Å². The van der Waals surface area contributed by atoms with Crippen molar-refractivity contribution in [2.75, 3.05) is 13.1 Å². The molecule has 0 unspecified atom stereocenters. The molecule has 2 N–H and O–H groups in total. The second kappa shape index (κ2) is 9.34. The van der Waals surface area contributed by atoms with Gasteiger partial charge >= 0.3 is 0 Å². The SMILES string of the molecule is Cc1ccc(CCC(=O)NCCNC(=O)c2ccc3c(c2)C(=O)N(C(C)(C)C)C3=O)cc1. The molecule has 0 fully saturated rings. The van der Waals surface area contributed by atoms with Gasteiger partial charge < -0.3 is 10.6 Å². The Labute approximate surface area is 188 Å². The van der Waals surface area contributed by atoms with E-state index in [0.29, 0.717) is 30.5 Å². The summed E-state index contributed by atoms with van der Waals surface area (Å²) in [6.07, 6.45) is 1.04. The fraction of sp³-hybridized carbons (Fsp3) is 0.360. The molecule has 0 saturated heterocycles. The van der Waals surface area contributed by atoms with E-state index in [1.54, 1.807) is 20.8 Å². The van der Waals surface area contributed by atoms with Gasteiger partial charge in [0.2, 0.25) is 5.91 Å². The predicted octanol–water partition coefficient (Wildman–Crippen LogP) is 2.87. The topological polar surface area (TPSA) is 95.6 Å². The lowest BCUT2D eigenvalue weighted by atomic mass is 10.1. The molecule has 1 aliphatic heterocycles. The number of nitrogens with zero attached hydrogens (tertiary/aromatic N) is 1. The van der Waals surface area contributed by atoms with Crippen molar-refractivity contribution in [3.8, 4) is 0 Å². The minimum absolute atomic E-state index is 0.0799. The average molecular weight is 436 g/mol. The summed E-state index contributed by atoms with van der Waals surface area (Å²) in [5.41, 5.74) is 2.48. The zero-order chi connectivity index (χ0) is 23.5. The summed E-state index contributed by atoms with van der Waals surface area (Å²) in [5.74, 6) is -1.19. The molecule has 1 aliphatic rings. The highest BCUT2D eigenvalue weighted by molar-refractivity contribution is 6.22. The lowest BCUT2D eigenvalue weighted by molar-refractivity contribution is -0.121. The van der Waals surface area contributed by atoms with Crippen LogP contribution in [-0.2, 0) is 11.2 Å². The third-order valence-electron chi connectivity index (χ3n) is 5.31. The fourth-order valence-electron chi connectivity index (χ4n) is 3.57. The molecular weight excluding hydrogens is 406 g/mol. The first-order valence-electron chi connectivity index (χ1n) is 10.7. The van der Waals surface area contributed by atoms with Gasteiger partial charge in [0.15, 0.2) is 0 Å². The first kappa shape index (κ1) is 23.2. The molecular formula is C25H29N3O4. The third-order valence-corrected chi connectivity index (χ3v) is 5.31. The molecule has 168 valence electrons. The van der Waals surface area contributed by atoms with Gasteiger partial charge in [-0.2, -0.15) is 0 Å². The molecule has 32 heavy (non-hydrogen) atoms. The van der Waals surface area contributed by atoms with Crippen molar-refractivity contribution in [3.63, 3.8) is 0 Å². The van der Waals surface area contributed by atoms with Crippen LogP contribution in [0.4, 0.5) is 0 Å². The normalized spacial score (nSPS) is 13.2. The van der Waals surface area contributed by atoms with Crippen LogP contribution >= 0.6 is 0 Å². The van der Waals surface area contributed by atoms with E-state index in [1.165, 1.54) is 28.7 Å². The van der Waals surface area contributed by atoms with Crippen molar-refractivity contribution < 1.29 is 19.2 Å². The van der Waals surface area contributed by atoms with Crippen molar-refractivity contribution in [2.24, 2.45) is 0 Å². The van der Waals surface area contributed by atoms with Crippen LogP contribution in [0.3, 0.4) is 0 Å². The van der Waals surface area contributed by atoms with E-state index in [9.17, 15) is 19.2 Å². The molecule has 2 aromatic carbocycles. The van der Waals surface area contributed by atoms with E-state index in [4.69, 9.17) is 0 Å². The smallest absolute Gasteiger partial charge is 0.262 e. The second-order valence-electron chi connectivity index (χ2n) is 8.97. The van der Waals surface area contributed by atoms with E-state index in [1.807, 2.05) is 31.2 Å². The number of hydrogen-bond acceptors (Lipinski definition) is 4. The molecule has 0 aliphatic carbocycles. The monoisotopic (exact) mass is 435 g/mol. The quantitative estimate of drug-likeness (QED) is 0.516. The highest BCUT2D eigenvalue weighted by Gasteiger charge is 2.42. The van der Waals surface area contributed by atoms with Crippen LogP contribution in [0.25, 0.3) is 0 Å². The molecule has 4 amide bonds. The van der Waals surface area contributed by atoms with Crippen LogP contribution in [0, 0.1) is 6.92 Å². The Bertz CT molecular complexity index is 1050. The first-order valence-corrected chi connectivity index (χ1v) is 10.7. The molecule has 0 aromatic heterocycles. The van der Waals surface area contributed by atoms with Gasteiger partial charge in [0.1, 0.15) is 0 Å². The summed E-state index contributed by atoms with van der Waals surface area (Å²) < 4.78 is 0. The largest absolute Gasteiger partial charge is 0.354 e. The Morgan fingerprint density at radius 1 is 0.875 bits per heavy atom. The van der Waals surface area contributed by atoms with E-state index in [0.717, 1.165) is 5.56 Å². The Hall–Kier alpha value is -3.48. The molecule has 0 atom stereocenters. The highest BCUT2D eigenvalue weighted by atomic mass is 16.2. The number of hydrogen-bond donors (Lipinski definition) is 2. The summed E-state index contributed by atoms with van der Waals surface area (Å²) in [6.45, 7) is 7.95. The van der Waals surface area contributed by atoms with E-state index in [-0.39, 0.29) is 29.8 Å². The van der Waals surface area contributed by atoms with Gasteiger partial charge in [-0.1, -0.05) is 29.8 Å². The third kappa shape index (κ3) is 5.22. The number of benzene rings is 2. The lowest BCUT2D eigenvalue weighted by Crippen LogP contribution is -2.45. The zero-order valence-corrected chi connectivity index (χ0v) is 19.0. The van der Waals surface area contributed by atoms with Crippen LogP contribution in [0.1, 0.15) is 69.4 Å². The molecule has 0 saturated carbocycles. The number of imide groups is 1. The summed E-state index contributed by atoms with van der Waals surface area (Å²) in [7, 11) is 0. The molecule has 1 heterocycles. The number of rotatable bonds is 7. The second-order valence-corrected chi connectivity index (χ2v) is 8.97. The summed E-state index contributed by atoms with van der Waals surface area (Å²) in [5, 5.41) is 5.52. The fourth-order valence-corrected chi connectivity index (χ4v) is 3.57. The maximum absolute atomic E-state index is 12.7. The van der Waals surface area contributed by atoms with E-state index >= 15 is 0 Å². The number of nitrogens with one attached hydrogen (secondary N) is 2. The molecule has 0 radical (unpaired) electrons. The van der Waals surface area contributed by atoms with Crippen LogP contribution in [0.15, 0.2) is 42.5 Å². The molecule has 7 heteroatoms. The number of aryl methyl sites for hydroxylation is 2. The minimum atomic E-state index is -0.646. The standard InChI is InChI=1S/C25H29N3O4/c1-16-5-7-17(8-6-16)9-12-21(29)26-13-14-27-22(30)18-10-11-19-20(15-18)24(32)28(23(19)31)25(2,3)4/h5-8,10-11,15H,9,12-14H2,1-4H3,(H,26,29)(H,27,30). The average Bonchev–Trinajstić information content (AvgIpc) is 3.00. The number of fused-ring (bicyclic) bond motifs is 1. The zero-order valence-electron chi connectivity index (χ0n) is 19.0. The van der Waals surface area contributed by atoms with Crippen molar-refractivity contribution in [1.29, 1.82) is 0 Å². The van der Waals surface area contributed by atoms with Gasteiger partial charge in [-0.3, -0.25) is 24.1 Å². The van der Waals surface area contributed by atoms with Crippen molar-refractivity contribution >= 4 is 23.6 Å². The van der Waals surface area contributed by atoms with E-state index in [2.05, 4.69) is 10.6 Å². The van der Waals surface area contributed by atoms with Crippen molar-refractivity contribution in [2.45, 2.75) is 46.1 Å². The van der Waals surface area contributed by atoms with Crippen molar-refractivity contribution in [3.05, 3.63) is 70.3 Å². The van der Waals surface area contributed by atoms with Crippen LogP contribution in [-0.4, -0.2) is 47.2 Å². The maximum atomic E-state index is 12.7. The maximum Gasteiger partial charge on any atom is 0.262 e. The Morgan fingerprint density at radius 3 is 2.16 bits per heavy atom. The van der Waals surface area contributed by atoms with E-state index < -0.39 is 11.4 Å². The Kier molecular flexibility index (Phi) is 6.77. The molecule has 7 nitrogen and oxygen atoms in total. The summed E-state index contributed by atoms with van der Waals surface area (Å²) in [4.78, 5) is 50.9. The molecule has 0 bridgehead atoms. The van der Waals surface area contributed by atoms with Gasteiger partial charge in [-0.05, 0) is 57.9 Å². The first-order chi connectivity index (χ1) is 15.1. The lowest BCUT2D eigenvalue weighted by Gasteiger charge is -2.29. The van der Waals surface area contributed by atoms with Gasteiger partial charge in [-0.25, -0.2) is 0 Å². The number of carbonyl (C=O) groups excluding carboxylic acids is 4. The van der Waals surface area contributed by atoms with Gasteiger partial charge in [0, 0.05) is 30.6 Å². The molecule has 3 rings (SSSR count). The van der Waals surface area contributed by atoms with Gasteiger partial charge in [0.05, 0.1) is 11.1 Å². The van der Waals surface area contributed by atoms with Crippen LogP contribution in [0.2, 0.25) is 0 Å². The number of amides is 4. The summed E-state index contributed by atoms with van der Waals surface area (Å²) >= 11 is 0. The minimum Gasteiger partial charge on any atom is -0.354 e. The number of carbonyl (C=O) groups is 4. The summed E-state index contributed by atoms with van der Waals surface area (Å²) in [6, 6.07) is 12.6. The predicted molar refractivity (Wildman–Crippen MR) is 122 cm³/mol. The Balaban J connectivity index is 1.47.